The summed E-state index contributed by atoms with van der Waals surface area (Å²) in [6.45, 7) is 6.23. The van der Waals surface area contributed by atoms with Gasteiger partial charge in [-0.1, -0.05) is 0 Å². The van der Waals surface area contributed by atoms with Gasteiger partial charge in [0, 0.05) is 26.7 Å². The maximum atomic E-state index is 11.9. The van der Waals surface area contributed by atoms with E-state index in [4.69, 9.17) is 10.5 Å². The molecule has 0 aromatic heterocycles. The molecular weight excluding hydrogens is 230 g/mol. The summed E-state index contributed by atoms with van der Waals surface area (Å²) in [5, 5.41) is 0. The van der Waals surface area contributed by atoms with E-state index in [-0.39, 0.29) is 5.91 Å². The molecule has 0 saturated carbocycles. The van der Waals surface area contributed by atoms with Gasteiger partial charge < -0.3 is 20.3 Å². The lowest BCUT2D eigenvalue weighted by Crippen LogP contribution is -2.35. The molecule has 0 aliphatic carbocycles. The van der Waals surface area contributed by atoms with Gasteiger partial charge in [-0.2, -0.15) is 0 Å². The lowest BCUT2D eigenvalue weighted by atomic mass is 10.3. The van der Waals surface area contributed by atoms with Crippen LogP contribution >= 0.6 is 0 Å². The number of methoxy groups -OCH3 is 1. The van der Waals surface area contributed by atoms with Crippen molar-refractivity contribution in [2.24, 2.45) is 5.73 Å². The molecule has 0 aromatic rings. The number of carbonyl (C=O) groups excluding carboxylic acids is 1. The monoisotopic (exact) mass is 257 g/mol. The van der Waals surface area contributed by atoms with Crippen molar-refractivity contribution in [1.82, 2.24) is 9.80 Å². The minimum atomic E-state index is 0.223. The molecule has 1 rings (SSSR count). The van der Waals surface area contributed by atoms with E-state index in [0.29, 0.717) is 13.0 Å². The predicted octanol–water partition coefficient (Wildman–Crippen LogP) is 0.296. The van der Waals surface area contributed by atoms with E-state index in [1.54, 1.807) is 7.11 Å². The van der Waals surface area contributed by atoms with Crippen LogP contribution in [0.15, 0.2) is 0 Å². The van der Waals surface area contributed by atoms with Gasteiger partial charge in [-0.3, -0.25) is 4.79 Å². The van der Waals surface area contributed by atoms with E-state index in [9.17, 15) is 4.79 Å². The second kappa shape index (κ2) is 9.30. The molecule has 0 spiro atoms. The van der Waals surface area contributed by atoms with Gasteiger partial charge in [0.2, 0.25) is 5.91 Å². The summed E-state index contributed by atoms with van der Waals surface area (Å²) in [5.41, 5.74) is 5.50. The average Bonchev–Trinajstić information content (AvgIpc) is 2.62. The fraction of sp³-hybridized carbons (Fsp3) is 0.923. The van der Waals surface area contributed by atoms with Crippen LogP contribution < -0.4 is 5.73 Å². The Balaban J connectivity index is 2.25. The topological polar surface area (TPSA) is 58.8 Å². The molecular formula is C13H27N3O2. The molecule has 1 heterocycles. The molecule has 106 valence electrons. The first kappa shape index (κ1) is 15.4. The fourth-order valence-corrected chi connectivity index (χ4v) is 2.27. The van der Waals surface area contributed by atoms with E-state index >= 15 is 0 Å². The molecule has 5 nitrogen and oxygen atoms in total. The fourth-order valence-electron chi connectivity index (χ4n) is 2.27. The van der Waals surface area contributed by atoms with Gasteiger partial charge in [-0.15, -0.1) is 0 Å². The molecule has 1 aliphatic rings. The van der Waals surface area contributed by atoms with E-state index in [1.807, 2.05) is 4.90 Å². The first-order chi connectivity index (χ1) is 8.77. The van der Waals surface area contributed by atoms with E-state index in [0.717, 1.165) is 58.5 Å². The van der Waals surface area contributed by atoms with Crippen LogP contribution in [0.2, 0.25) is 0 Å². The van der Waals surface area contributed by atoms with Crippen LogP contribution in [0.1, 0.15) is 25.7 Å². The van der Waals surface area contributed by atoms with Gasteiger partial charge in [0.1, 0.15) is 0 Å². The number of ether oxygens (including phenoxy) is 1. The summed E-state index contributed by atoms with van der Waals surface area (Å²) in [6.07, 6.45) is 3.83. The molecule has 0 atom stereocenters. The Morgan fingerprint density at radius 1 is 1.22 bits per heavy atom. The van der Waals surface area contributed by atoms with Crippen molar-refractivity contribution in [3.63, 3.8) is 0 Å². The molecule has 1 saturated heterocycles. The van der Waals surface area contributed by atoms with Gasteiger partial charge in [0.25, 0.3) is 0 Å². The Kier molecular flexibility index (Phi) is 7.96. The molecule has 0 radical (unpaired) electrons. The first-order valence-corrected chi connectivity index (χ1v) is 6.97. The molecule has 1 fully saturated rings. The third-order valence-corrected chi connectivity index (χ3v) is 3.39. The lowest BCUT2D eigenvalue weighted by Gasteiger charge is -2.21. The maximum absolute atomic E-state index is 11.9. The summed E-state index contributed by atoms with van der Waals surface area (Å²) in [7, 11) is 1.63. The van der Waals surface area contributed by atoms with Crippen molar-refractivity contribution >= 4 is 5.91 Å². The Morgan fingerprint density at radius 3 is 2.78 bits per heavy atom. The minimum Gasteiger partial charge on any atom is -0.384 e. The zero-order chi connectivity index (χ0) is 13.2. The molecule has 18 heavy (non-hydrogen) atoms. The van der Waals surface area contributed by atoms with E-state index in [1.165, 1.54) is 0 Å². The van der Waals surface area contributed by atoms with Crippen LogP contribution in [0.5, 0.6) is 0 Å². The van der Waals surface area contributed by atoms with Crippen molar-refractivity contribution < 1.29 is 9.53 Å². The summed E-state index contributed by atoms with van der Waals surface area (Å²) >= 11 is 0. The Labute approximate surface area is 110 Å². The molecule has 0 unspecified atom stereocenters. The maximum Gasteiger partial charge on any atom is 0.224 e. The molecule has 1 amide bonds. The third kappa shape index (κ3) is 5.80. The van der Waals surface area contributed by atoms with Crippen molar-refractivity contribution in [3.05, 3.63) is 0 Å². The highest BCUT2D eigenvalue weighted by Crippen LogP contribution is 2.06. The van der Waals surface area contributed by atoms with Gasteiger partial charge in [0.05, 0.1) is 13.0 Å². The number of unbranched alkanes of at least 4 members (excludes halogenated alkanes) is 1. The van der Waals surface area contributed by atoms with Crippen LogP contribution in [0, 0.1) is 0 Å². The van der Waals surface area contributed by atoms with Gasteiger partial charge in [0.15, 0.2) is 0 Å². The SMILES string of the molecule is COCCC(=O)N1CCCN(CCCCN)CC1. The second-order valence-corrected chi connectivity index (χ2v) is 4.81. The highest BCUT2D eigenvalue weighted by molar-refractivity contribution is 5.76. The van der Waals surface area contributed by atoms with E-state index < -0.39 is 0 Å². The van der Waals surface area contributed by atoms with Crippen molar-refractivity contribution in [2.75, 3.05) is 53.0 Å². The second-order valence-electron chi connectivity index (χ2n) is 4.81. The van der Waals surface area contributed by atoms with Gasteiger partial charge in [-0.05, 0) is 38.9 Å². The number of nitrogens with zero attached hydrogens (tertiary/aromatic N) is 2. The smallest absolute Gasteiger partial charge is 0.224 e. The van der Waals surface area contributed by atoms with Gasteiger partial charge >= 0.3 is 0 Å². The van der Waals surface area contributed by atoms with Crippen molar-refractivity contribution in [1.29, 1.82) is 0 Å². The highest BCUT2D eigenvalue weighted by Gasteiger charge is 2.18. The Bertz CT molecular complexity index is 236. The van der Waals surface area contributed by atoms with Crippen LogP contribution in [0.25, 0.3) is 0 Å². The molecule has 5 heteroatoms. The molecule has 2 N–H and O–H groups in total. The molecule has 0 aromatic carbocycles. The summed E-state index contributed by atoms with van der Waals surface area (Å²) in [4.78, 5) is 16.3. The first-order valence-electron chi connectivity index (χ1n) is 6.97. The number of amides is 1. The van der Waals surface area contributed by atoms with Crippen LogP contribution in [0.3, 0.4) is 0 Å². The molecule has 1 aliphatic heterocycles. The summed E-state index contributed by atoms with van der Waals surface area (Å²) < 4.78 is 4.95. The minimum absolute atomic E-state index is 0.223. The zero-order valence-corrected chi connectivity index (χ0v) is 11.6. The number of rotatable bonds is 7. The lowest BCUT2D eigenvalue weighted by molar-refractivity contribution is -0.132. The number of carbonyl (C=O) groups is 1. The highest BCUT2D eigenvalue weighted by atomic mass is 16.5. The quantitative estimate of drug-likeness (QED) is 0.666. The summed E-state index contributed by atoms with van der Waals surface area (Å²) in [6, 6.07) is 0. The average molecular weight is 257 g/mol. The number of hydrogen-bond acceptors (Lipinski definition) is 4. The largest absolute Gasteiger partial charge is 0.384 e. The normalized spacial score (nSPS) is 17.8. The standard InChI is InChI=1S/C13H27N3O2/c1-18-12-5-13(17)16-9-4-8-15(10-11-16)7-3-2-6-14/h2-12,14H2,1H3. The van der Waals surface area contributed by atoms with Crippen molar-refractivity contribution in [2.45, 2.75) is 25.7 Å². The Morgan fingerprint density at radius 2 is 2.06 bits per heavy atom. The number of hydrogen-bond donors (Lipinski definition) is 1. The zero-order valence-electron chi connectivity index (χ0n) is 11.6. The van der Waals surface area contributed by atoms with Gasteiger partial charge in [-0.25, -0.2) is 0 Å². The van der Waals surface area contributed by atoms with E-state index in [2.05, 4.69) is 4.90 Å². The van der Waals surface area contributed by atoms with Crippen LogP contribution in [0.4, 0.5) is 0 Å². The van der Waals surface area contributed by atoms with Crippen LogP contribution in [-0.4, -0.2) is 68.7 Å². The summed E-state index contributed by atoms with van der Waals surface area (Å²) in [5.74, 6) is 0.223. The predicted molar refractivity (Wildman–Crippen MR) is 72.4 cm³/mol. The van der Waals surface area contributed by atoms with Crippen molar-refractivity contribution in [3.8, 4) is 0 Å². The number of nitrogens with two attached hydrogens (primary N) is 1. The Hall–Kier alpha value is -0.650. The molecule has 0 bridgehead atoms. The van der Waals surface area contributed by atoms with Crippen LogP contribution in [-0.2, 0) is 9.53 Å². The third-order valence-electron chi connectivity index (χ3n) is 3.39.